The SMILES string of the molecule is c1cc2cc(C3CCCCCCCCCC3)sc2nc1C1CCCCCCCC1. The number of aromatic nitrogens is 1. The van der Waals surface area contributed by atoms with E-state index in [4.69, 9.17) is 4.98 Å². The van der Waals surface area contributed by atoms with Crippen molar-refractivity contribution in [1.82, 2.24) is 4.98 Å². The Morgan fingerprint density at radius 3 is 1.62 bits per heavy atom. The van der Waals surface area contributed by atoms with E-state index >= 15 is 0 Å². The van der Waals surface area contributed by atoms with Crippen LogP contribution in [0.25, 0.3) is 10.2 Å². The molecule has 2 aromatic heterocycles. The Bertz CT molecular complexity index is 711. The third-order valence-electron chi connectivity index (χ3n) is 7.45. The standard InChI is InChI=1S/C27H41NS/c1-2-4-10-14-18-23(17-13-9-3-1)26-21-24-19-20-25(28-27(24)29-26)22-15-11-7-5-6-8-12-16-22/h19-23H,1-18H2. The quantitative estimate of drug-likeness (QED) is 0.479. The minimum Gasteiger partial charge on any atom is -0.242 e. The molecule has 2 fully saturated rings. The van der Waals surface area contributed by atoms with Crippen molar-refractivity contribution < 1.29 is 0 Å². The summed E-state index contributed by atoms with van der Waals surface area (Å²) in [6, 6.07) is 7.23. The highest BCUT2D eigenvalue weighted by Gasteiger charge is 2.18. The smallest absolute Gasteiger partial charge is 0.123 e. The molecule has 2 heteroatoms. The number of hydrogen-bond acceptors (Lipinski definition) is 2. The van der Waals surface area contributed by atoms with Crippen molar-refractivity contribution in [3.63, 3.8) is 0 Å². The molecule has 2 aliphatic carbocycles. The molecule has 2 heterocycles. The highest BCUT2D eigenvalue weighted by molar-refractivity contribution is 7.18. The van der Waals surface area contributed by atoms with Gasteiger partial charge >= 0.3 is 0 Å². The Labute approximate surface area is 182 Å². The Morgan fingerprint density at radius 1 is 0.586 bits per heavy atom. The minimum atomic E-state index is 0.695. The van der Waals surface area contributed by atoms with Crippen LogP contribution in [0, 0.1) is 0 Å². The number of hydrogen-bond donors (Lipinski definition) is 0. The van der Waals surface area contributed by atoms with Crippen LogP contribution in [-0.2, 0) is 0 Å². The van der Waals surface area contributed by atoms with Gasteiger partial charge in [0.25, 0.3) is 0 Å². The first-order valence-electron chi connectivity index (χ1n) is 12.8. The minimum absolute atomic E-state index is 0.695. The van der Waals surface area contributed by atoms with E-state index in [1.807, 2.05) is 11.3 Å². The van der Waals surface area contributed by atoms with Gasteiger partial charge in [-0.05, 0) is 43.7 Å². The predicted molar refractivity (Wildman–Crippen MR) is 128 cm³/mol. The van der Waals surface area contributed by atoms with Gasteiger partial charge < -0.3 is 0 Å². The van der Waals surface area contributed by atoms with E-state index < -0.39 is 0 Å². The number of pyridine rings is 1. The molecule has 0 bridgehead atoms. The van der Waals surface area contributed by atoms with Crippen molar-refractivity contribution in [2.75, 3.05) is 0 Å². The van der Waals surface area contributed by atoms with Crippen molar-refractivity contribution in [1.29, 1.82) is 0 Å². The summed E-state index contributed by atoms with van der Waals surface area (Å²) in [6.45, 7) is 0. The summed E-state index contributed by atoms with van der Waals surface area (Å²) in [5.41, 5.74) is 1.38. The summed E-state index contributed by atoms with van der Waals surface area (Å²) in [7, 11) is 0. The summed E-state index contributed by atoms with van der Waals surface area (Å²) in [5, 5.41) is 1.39. The molecule has 2 aromatic rings. The van der Waals surface area contributed by atoms with Crippen molar-refractivity contribution >= 4 is 21.6 Å². The van der Waals surface area contributed by atoms with E-state index in [1.54, 1.807) is 4.88 Å². The van der Waals surface area contributed by atoms with Crippen LogP contribution in [0.2, 0.25) is 0 Å². The molecule has 29 heavy (non-hydrogen) atoms. The highest BCUT2D eigenvalue weighted by Crippen LogP contribution is 2.38. The van der Waals surface area contributed by atoms with Gasteiger partial charge in [-0.15, -0.1) is 11.3 Å². The Kier molecular flexibility index (Phi) is 8.46. The molecule has 0 spiro atoms. The fraction of sp³-hybridized carbons (Fsp3) is 0.741. The number of thiophene rings is 1. The van der Waals surface area contributed by atoms with Crippen LogP contribution in [-0.4, -0.2) is 4.98 Å². The van der Waals surface area contributed by atoms with Gasteiger partial charge in [-0.1, -0.05) is 96.0 Å². The first kappa shape index (κ1) is 21.3. The fourth-order valence-corrected chi connectivity index (χ4v) is 6.79. The third-order valence-corrected chi connectivity index (χ3v) is 8.66. The summed E-state index contributed by atoms with van der Waals surface area (Å²) >= 11 is 2.02. The second kappa shape index (κ2) is 11.5. The van der Waals surface area contributed by atoms with Gasteiger partial charge in [0, 0.05) is 21.9 Å². The largest absolute Gasteiger partial charge is 0.242 e. The first-order chi connectivity index (χ1) is 14.4. The molecule has 160 valence electrons. The monoisotopic (exact) mass is 411 g/mol. The normalized spacial score (nSPS) is 22.5. The van der Waals surface area contributed by atoms with E-state index in [1.165, 1.54) is 131 Å². The average Bonchev–Trinajstić information content (AvgIpc) is 3.19. The van der Waals surface area contributed by atoms with E-state index in [0.29, 0.717) is 5.92 Å². The molecule has 2 saturated carbocycles. The zero-order chi connectivity index (χ0) is 19.7. The van der Waals surface area contributed by atoms with Gasteiger partial charge in [0.1, 0.15) is 4.83 Å². The molecule has 0 amide bonds. The molecule has 0 atom stereocenters. The van der Waals surface area contributed by atoms with Crippen LogP contribution in [0.4, 0.5) is 0 Å². The molecule has 0 saturated heterocycles. The lowest BCUT2D eigenvalue weighted by Gasteiger charge is -2.15. The zero-order valence-electron chi connectivity index (χ0n) is 18.5. The lowest BCUT2D eigenvalue weighted by molar-refractivity contribution is 0.520. The van der Waals surface area contributed by atoms with Gasteiger partial charge in [-0.2, -0.15) is 0 Å². The lowest BCUT2D eigenvalue weighted by atomic mass is 9.92. The molecule has 0 unspecified atom stereocenters. The maximum atomic E-state index is 5.23. The van der Waals surface area contributed by atoms with Crippen LogP contribution in [0.1, 0.15) is 138 Å². The first-order valence-corrected chi connectivity index (χ1v) is 13.6. The van der Waals surface area contributed by atoms with Gasteiger partial charge in [0.15, 0.2) is 0 Å². The summed E-state index contributed by atoms with van der Waals surface area (Å²) in [4.78, 5) is 8.16. The van der Waals surface area contributed by atoms with Crippen molar-refractivity contribution in [3.05, 3.63) is 28.8 Å². The van der Waals surface area contributed by atoms with Crippen LogP contribution >= 0.6 is 11.3 Å². The summed E-state index contributed by atoms with van der Waals surface area (Å²) in [6.07, 6.45) is 25.5. The average molecular weight is 412 g/mol. The summed E-state index contributed by atoms with van der Waals surface area (Å²) < 4.78 is 0. The zero-order valence-corrected chi connectivity index (χ0v) is 19.3. The topological polar surface area (TPSA) is 12.9 Å². The Morgan fingerprint density at radius 2 is 1.07 bits per heavy atom. The molecule has 0 aliphatic heterocycles. The van der Waals surface area contributed by atoms with E-state index in [0.717, 1.165) is 5.92 Å². The molecule has 0 N–H and O–H groups in total. The molecule has 2 aliphatic rings. The van der Waals surface area contributed by atoms with Crippen molar-refractivity contribution in [3.8, 4) is 0 Å². The summed E-state index contributed by atoms with van der Waals surface area (Å²) in [5.74, 6) is 1.47. The maximum absolute atomic E-state index is 5.23. The molecular formula is C27H41NS. The van der Waals surface area contributed by atoms with E-state index in [2.05, 4.69) is 18.2 Å². The van der Waals surface area contributed by atoms with Gasteiger partial charge in [0.2, 0.25) is 0 Å². The molecule has 0 aromatic carbocycles. The van der Waals surface area contributed by atoms with E-state index in [9.17, 15) is 0 Å². The van der Waals surface area contributed by atoms with E-state index in [-0.39, 0.29) is 0 Å². The van der Waals surface area contributed by atoms with Crippen LogP contribution in [0.5, 0.6) is 0 Å². The highest BCUT2D eigenvalue weighted by atomic mass is 32.1. The van der Waals surface area contributed by atoms with Gasteiger partial charge in [-0.3, -0.25) is 0 Å². The number of nitrogens with zero attached hydrogens (tertiary/aromatic N) is 1. The Balaban J connectivity index is 1.48. The van der Waals surface area contributed by atoms with Crippen LogP contribution in [0.3, 0.4) is 0 Å². The molecule has 4 rings (SSSR count). The lowest BCUT2D eigenvalue weighted by Crippen LogP contribution is -2.01. The van der Waals surface area contributed by atoms with Crippen molar-refractivity contribution in [2.24, 2.45) is 0 Å². The number of fused-ring (bicyclic) bond motifs is 1. The van der Waals surface area contributed by atoms with Crippen LogP contribution < -0.4 is 0 Å². The van der Waals surface area contributed by atoms with Crippen molar-refractivity contribution in [2.45, 2.75) is 127 Å². The second-order valence-electron chi connectivity index (χ2n) is 9.78. The maximum Gasteiger partial charge on any atom is 0.123 e. The van der Waals surface area contributed by atoms with Gasteiger partial charge in [0.05, 0.1) is 0 Å². The molecule has 1 nitrogen and oxygen atoms in total. The third kappa shape index (κ3) is 6.29. The van der Waals surface area contributed by atoms with Gasteiger partial charge in [-0.25, -0.2) is 4.98 Å². The van der Waals surface area contributed by atoms with Crippen LogP contribution in [0.15, 0.2) is 18.2 Å². The molecule has 0 radical (unpaired) electrons. The molecular weight excluding hydrogens is 370 g/mol. The second-order valence-corrected chi connectivity index (χ2v) is 10.8. The Hall–Kier alpha value is -0.890. The fourth-order valence-electron chi connectivity index (χ4n) is 5.58. The predicted octanol–water partition coefficient (Wildman–Crippen LogP) is 9.51. The number of rotatable bonds is 2.